The van der Waals surface area contributed by atoms with E-state index in [9.17, 15) is 0 Å². The molecule has 18 heavy (non-hydrogen) atoms. The summed E-state index contributed by atoms with van der Waals surface area (Å²) in [7, 11) is 0. The predicted octanol–water partition coefficient (Wildman–Crippen LogP) is 3.13. The Morgan fingerprint density at radius 2 is 1.94 bits per heavy atom. The molecule has 1 atom stereocenters. The second-order valence-electron chi connectivity index (χ2n) is 5.43. The Hall–Kier alpha value is -0.860. The first-order valence-electron chi connectivity index (χ1n) is 7.28. The molecule has 100 valence electrons. The Balaban J connectivity index is 1.68. The van der Waals surface area contributed by atoms with Crippen LogP contribution in [0.3, 0.4) is 0 Å². The van der Waals surface area contributed by atoms with E-state index in [1.54, 1.807) is 0 Å². The van der Waals surface area contributed by atoms with Crippen molar-refractivity contribution in [3.63, 3.8) is 0 Å². The molecule has 0 amide bonds. The van der Waals surface area contributed by atoms with Crippen molar-refractivity contribution in [3.8, 4) is 0 Å². The number of aryl methyl sites for hydroxylation is 1. The lowest BCUT2D eigenvalue weighted by Crippen LogP contribution is -2.26. The highest BCUT2D eigenvalue weighted by molar-refractivity contribution is 5.28. The van der Waals surface area contributed by atoms with Crippen molar-refractivity contribution in [3.05, 3.63) is 35.4 Å². The van der Waals surface area contributed by atoms with Gasteiger partial charge in [-0.05, 0) is 70.4 Å². The lowest BCUT2D eigenvalue weighted by Gasteiger charge is -2.18. The van der Waals surface area contributed by atoms with Gasteiger partial charge in [-0.25, -0.2) is 0 Å². The average Bonchev–Trinajstić information content (AvgIpc) is 2.88. The second kappa shape index (κ2) is 6.91. The number of nitrogens with one attached hydrogen (secondary N) is 1. The molecule has 2 rings (SSSR count). The van der Waals surface area contributed by atoms with Crippen molar-refractivity contribution in [1.82, 2.24) is 10.2 Å². The summed E-state index contributed by atoms with van der Waals surface area (Å²) in [6.45, 7) is 9.45. The van der Waals surface area contributed by atoms with Crippen LogP contribution in [0.2, 0.25) is 0 Å². The Bertz CT molecular complexity index is 356. The van der Waals surface area contributed by atoms with E-state index in [1.807, 2.05) is 0 Å². The van der Waals surface area contributed by atoms with Crippen LogP contribution in [0.15, 0.2) is 24.3 Å². The number of nitrogens with zero attached hydrogens (tertiary/aromatic N) is 1. The summed E-state index contributed by atoms with van der Waals surface area (Å²) in [4.78, 5) is 2.58. The van der Waals surface area contributed by atoms with E-state index in [-0.39, 0.29) is 0 Å². The minimum absolute atomic E-state index is 0.463. The Morgan fingerprint density at radius 3 is 2.67 bits per heavy atom. The first-order chi connectivity index (χ1) is 8.77. The lowest BCUT2D eigenvalue weighted by atomic mass is 10.0. The molecule has 0 unspecified atom stereocenters. The third-order valence-corrected chi connectivity index (χ3v) is 3.96. The van der Waals surface area contributed by atoms with Gasteiger partial charge in [0.05, 0.1) is 0 Å². The Morgan fingerprint density at radius 1 is 1.22 bits per heavy atom. The topological polar surface area (TPSA) is 15.3 Å². The highest BCUT2D eigenvalue weighted by Crippen LogP contribution is 2.16. The van der Waals surface area contributed by atoms with E-state index in [0.717, 1.165) is 6.54 Å². The highest BCUT2D eigenvalue weighted by Gasteiger charge is 2.11. The number of rotatable bonds is 6. The van der Waals surface area contributed by atoms with Gasteiger partial charge in [-0.3, -0.25) is 0 Å². The van der Waals surface area contributed by atoms with Gasteiger partial charge in [0.2, 0.25) is 0 Å². The molecule has 0 spiro atoms. The molecule has 1 N–H and O–H groups in total. The smallest absolute Gasteiger partial charge is 0.0294 e. The minimum atomic E-state index is 0.463. The monoisotopic (exact) mass is 246 g/mol. The van der Waals surface area contributed by atoms with E-state index in [4.69, 9.17) is 0 Å². The van der Waals surface area contributed by atoms with Gasteiger partial charge in [0.15, 0.2) is 0 Å². The summed E-state index contributed by atoms with van der Waals surface area (Å²) < 4.78 is 0. The quantitative estimate of drug-likeness (QED) is 0.776. The van der Waals surface area contributed by atoms with E-state index < -0.39 is 0 Å². The third-order valence-electron chi connectivity index (χ3n) is 3.96. The first-order valence-corrected chi connectivity index (χ1v) is 7.28. The molecule has 0 aliphatic carbocycles. The SMILES string of the molecule is Cc1ccccc1[C@@H](C)NCCCN1CCCC1. The second-order valence-corrected chi connectivity index (χ2v) is 5.43. The lowest BCUT2D eigenvalue weighted by molar-refractivity contribution is 0.328. The molecule has 1 fully saturated rings. The largest absolute Gasteiger partial charge is 0.310 e. The molecule has 2 heteroatoms. The van der Waals surface area contributed by atoms with Crippen LogP contribution in [0.1, 0.15) is 43.4 Å². The molecule has 1 aromatic rings. The maximum absolute atomic E-state index is 3.64. The van der Waals surface area contributed by atoms with Crippen LogP contribution in [-0.2, 0) is 0 Å². The number of hydrogen-bond donors (Lipinski definition) is 1. The predicted molar refractivity (Wildman–Crippen MR) is 77.9 cm³/mol. The molecular weight excluding hydrogens is 220 g/mol. The van der Waals surface area contributed by atoms with Gasteiger partial charge in [0.1, 0.15) is 0 Å². The molecule has 1 aromatic carbocycles. The summed E-state index contributed by atoms with van der Waals surface area (Å²) in [5, 5.41) is 3.64. The van der Waals surface area contributed by atoms with Gasteiger partial charge < -0.3 is 10.2 Å². The number of likely N-dealkylation sites (tertiary alicyclic amines) is 1. The van der Waals surface area contributed by atoms with Gasteiger partial charge in [0, 0.05) is 6.04 Å². The van der Waals surface area contributed by atoms with Crippen LogP contribution in [0.25, 0.3) is 0 Å². The number of benzene rings is 1. The van der Waals surface area contributed by atoms with Gasteiger partial charge in [-0.15, -0.1) is 0 Å². The van der Waals surface area contributed by atoms with E-state index in [0.29, 0.717) is 6.04 Å². The minimum Gasteiger partial charge on any atom is -0.310 e. The van der Waals surface area contributed by atoms with Gasteiger partial charge in [-0.2, -0.15) is 0 Å². The van der Waals surface area contributed by atoms with Gasteiger partial charge in [0.25, 0.3) is 0 Å². The van der Waals surface area contributed by atoms with Crippen molar-refractivity contribution in [2.75, 3.05) is 26.2 Å². The first kappa shape index (κ1) is 13.6. The van der Waals surface area contributed by atoms with E-state index >= 15 is 0 Å². The highest BCUT2D eigenvalue weighted by atomic mass is 15.1. The summed E-state index contributed by atoms with van der Waals surface area (Å²) in [5.74, 6) is 0. The van der Waals surface area contributed by atoms with Crippen LogP contribution in [-0.4, -0.2) is 31.1 Å². The summed E-state index contributed by atoms with van der Waals surface area (Å²) >= 11 is 0. The normalized spacial score (nSPS) is 18.1. The van der Waals surface area contributed by atoms with Crippen LogP contribution >= 0.6 is 0 Å². The van der Waals surface area contributed by atoms with Crippen LogP contribution < -0.4 is 5.32 Å². The van der Waals surface area contributed by atoms with Crippen LogP contribution in [0, 0.1) is 6.92 Å². The molecule has 0 saturated carbocycles. The third kappa shape index (κ3) is 3.82. The van der Waals surface area contributed by atoms with E-state index in [2.05, 4.69) is 48.3 Å². The zero-order chi connectivity index (χ0) is 12.8. The van der Waals surface area contributed by atoms with Crippen molar-refractivity contribution >= 4 is 0 Å². The van der Waals surface area contributed by atoms with Gasteiger partial charge in [-0.1, -0.05) is 24.3 Å². The molecular formula is C16H26N2. The van der Waals surface area contributed by atoms with Crippen LogP contribution in [0.4, 0.5) is 0 Å². The van der Waals surface area contributed by atoms with Crippen molar-refractivity contribution in [1.29, 1.82) is 0 Å². The molecule has 1 heterocycles. The maximum Gasteiger partial charge on any atom is 0.0294 e. The maximum atomic E-state index is 3.64. The van der Waals surface area contributed by atoms with Crippen molar-refractivity contribution in [2.45, 2.75) is 39.2 Å². The summed E-state index contributed by atoms with van der Waals surface area (Å²) in [5.41, 5.74) is 2.82. The molecule has 1 aliphatic rings. The molecule has 1 aliphatic heterocycles. The fourth-order valence-electron chi connectivity index (χ4n) is 2.81. The fraction of sp³-hybridized carbons (Fsp3) is 0.625. The summed E-state index contributed by atoms with van der Waals surface area (Å²) in [6.07, 6.45) is 4.05. The van der Waals surface area contributed by atoms with Crippen LogP contribution in [0.5, 0.6) is 0 Å². The Labute approximate surface area is 111 Å². The standard InChI is InChI=1S/C16H26N2/c1-14-8-3-4-9-16(14)15(2)17-10-7-13-18-11-5-6-12-18/h3-4,8-9,15,17H,5-7,10-13H2,1-2H3/t15-/m1/s1. The molecule has 0 bridgehead atoms. The molecule has 1 saturated heterocycles. The van der Waals surface area contributed by atoms with E-state index in [1.165, 1.54) is 50.0 Å². The fourth-order valence-corrected chi connectivity index (χ4v) is 2.81. The molecule has 0 aromatic heterocycles. The number of hydrogen-bond acceptors (Lipinski definition) is 2. The zero-order valence-corrected chi connectivity index (χ0v) is 11.8. The zero-order valence-electron chi connectivity index (χ0n) is 11.8. The summed E-state index contributed by atoms with van der Waals surface area (Å²) in [6, 6.07) is 9.12. The average molecular weight is 246 g/mol. The van der Waals surface area contributed by atoms with Crippen molar-refractivity contribution < 1.29 is 0 Å². The molecule has 0 radical (unpaired) electrons. The Kier molecular flexibility index (Phi) is 5.21. The molecule has 2 nitrogen and oxygen atoms in total. The van der Waals surface area contributed by atoms with Crippen molar-refractivity contribution in [2.24, 2.45) is 0 Å². The van der Waals surface area contributed by atoms with Gasteiger partial charge >= 0.3 is 0 Å².